The van der Waals surface area contributed by atoms with Crippen LogP contribution in [-0.4, -0.2) is 41.3 Å². The van der Waals surface area contributed by atoms with Crippen LogP contribution in [0.15, 0.2) is 53.4 Å². The molecular weight excluding hydrogens is 419 g/mol. The van der Waals surface area contributed by atoms with Crippen LogP contribution in [0.25, 0.3) is 0 Å². The molecule has 0 aliphatic heterocycles. The van der Waals surface area contributed by atoms with Crippen molar-refractivity contribution in [3.05, 3.63) is 59.9 Å². The van der Waals surface area contributed by atoms with E-state index in [9.17, 15) is 26.0 Å². The van der Waals surface area contributed by atoms with E-state index in [2.05, 4.69) is 5.32 Å². The Labute approximate surface area is 170 Å². The average molecular weight is 443 g/mol. The van der Waals surface area contributed by atoms with Crippen molar-refractivity contribution >= 4 is 31.5 Å². The zero-order chi connectivity index (χ0) is 22.0. The molecule has 1 N–H and O–H groups in total. The fourth-order valence-electron chi connectivity index (χ4n) is 2.82. The molecule has 7 nitrogen and oxygen atoms in total. The highest BCUT2D eigenvalue weighted by molar-refractivity contribution is 7.92. The Bertz CT molecular complexity index is 1080. The lowest BCUT2D eigenvalue weighted by Gasteiger charge is -2.29. The lowest BCUT2D eigenvalue weighted by Crippen LogP contribution is -2.48. The molecule has 2 unspecified atom stereocenters. The molecule has 29 heavy (non-hydrogen) atoms. The second-order valence-corrected chi connectivity index (χ2v) is 10.7. The first kappa shape index (κ1) is 22.8. The maximum absolute atomic E-state index is 13.2. The summed E-state index contributed by atoms with van der Waals surface area (Å²) in [6, 6.07) is 9.27. The Morgan fingerprint density at radius 1 is 0.931 bits per heavy atom. The van der Waals surface area contributed by atoms with E-state index in [0.717, 1.165) is 28.9 Å². The highest BCUT2D eigenvalue weighted by atomic mass is 32.2. The minimum atomic E-state index is -3.81. The minimum absolute atomic E-state index is 0.160. The summed E-state index contributed by atoms with van der Waals surface area (Å²) in [5.74, 6) is -1.08. The van der Waals surface area contributed by atoms with Crippen molar-refractivity contribution in [2.45, 2.75) is 30.8 Å². The van der Waals surface area contributed by atoms with Gasteiger partial charge >= 0.3 is 0 Å². The van der Waals surface area contributed by atoms with Gasteiger partial charge in [0.15, 0.2) is 9.84 Å². The van der Waals surface area contributed by atoms with Crippen molar-refractivity contribution < 1.29 is 26.0 Å². The Morgan fingerprint density at radius 3 is 1.90 bits per heavy atom. The number of nitrogens with zero attached hydrogens (tertiary/aromatic N) is 1. The number of halogens is 1. The zero-order valence-corrected chi connectivity index (χ0v) is 18.1. The molecule has 0 fully saturated rings. The van der Waals surface area contributed by atoms with Gasteiger partial charge in [-0.15, -0.1) is 0 Å². The third-order valence-electron chi connectivity index (χ3n) is 4.34. The van der Waals surface area contributed by atoms with E-state index in [-0.39, 0.29) is 10.6 Å². The lowest BCUT2D eigenvalue weighted by atomic mass is 10.1. The second-order valence-electron chi connectivity index (χ2n) is 6.78. The van der Waals surface area contributed by atoms with Crippen molar-refractivity contribution in [2.75, 3.05) is 16.8 Å². The number of sulfone groups is 1. The third-order valence-corrected chi connectivity index (χ3v) is 6.71. The van der Waals surface area contributed by atoms with E-state index in [1.807, 2.05) is 0 Å². The number of carbonyl (C=O) groups excluding carboxylic acids is 1. The van der Waals surface area contributed by atoms with Gasteiger partial charge in [0, 0.05) is 6.26 Å². The molecule has 0 aliphatic carbocycles. The topological polar surface area (TPSA) is 101 Å². The summed E-state index contributed by atoms with van der Waals surface area (Å²) in [4.78, 5) is 12.9. The molecule has 0 heterocycles. The summed E-state index contributed by atoms with van der Waals surface area (Å²) >= 11 is 0. The summed E-state index contributed by atoms with van der Waals surface area (Å²) in [7, 11) is -7.14. The second kappa shape index (κ2) is 8.50. The summed E-state index contributed by atoms with van der Waals surface area (Å²) in [5, 5.41) is 2.72. The number of hydrogen-bond acceptors (Lipinski definition) is 5. The number of anilines is 1. The summed E-state index contributed by atoms with van der Waals surface area (Å²) in [5.41, 5.74) is 0.826. The number of rotatable bonds is 7. The average Bonchev–Trinajstić information content (AvgIpc) is 2.61. The first-order chi connectivity index (χ1) is 13.3. The molecule has 2 atom stereocenters. The van der Waals surface area contributed by atoms with Gasteiger partial charge < -0.3 is 5.32 Å². The predicted molar refractivity (Wildman–Crippen MR) is 109 cm³/mol. The van der Waals surface area contributed by atoms with Crippen LogP contribution in [0.1, 0.15) is 25.5 Å². The Kier molecular flexibility index (Phi) is 6.69. The van der Waals surface area contributed by atoms with E-state index in [0.29, 0.717) is 5.56 Å². The van der Waals surface area contributed by atoms with Gasteiger partial charge in [0.25, 0.3) is 0 Å². The molecule has 2 aromatic carbocycles. The zero-order valence-electron chi connectivity index (χ0n) is 16.5. The number of amides is 1. The standard InChI is InChI=1S/C19H23FN2O5S2/c1-13(15-5-11-18(12-6-15)28(3,24)25)21-19(23)14(2)22(29(4,26)27)17-9-7-16(20)8-10-17/h5-14H,1-4H3,(H,21,23). The maximum Gasteiger partial charge on any atom is 0.244 e. The minimum Gasteiger partial charge on any atom is -0.348 e. The Hall–Kier alpha value is -2.46. The van der Waals surface area contributed by atoms with E-state index in [1.54, 1.807) is 19.1 Å². The SMILES string of the molecule is CC(NC(=O)C(C)N(c1ccc(F)cc1)S(C)(=O)=O)c1ccc(S(C)(=O)=O)cc1. The molecule has 0 spiro atoms. The van der Waals surface area contributed by atoms with E-state index < -0.39 is 43.7 Å². The van der Waals surface area contributed by atoms with Gasteiger partial charge in [-0.25, -0.2) is 21.2 Å². The molecule has 0 radical (unpaired) electrons. The fourth-order valence-corrected chi connectivity index (χ4v) is 4.62. The number of benzene rings is 2. The number of carbonyl (C=O) groups is 1. The van der Waals surface area contributed by atoms with Gasteiger partial charge in [-0.05, 0) is 55.8 Å². The van der Waals surface area contributed by atoms with Crippen LogP contribution in [0.5, 0.6) is 0 Å². The quantitative estimate of drug-likeness (QED) is 0.709. The normalized spacial score (nSPS) is 14.1. The highest BCUT2D eigenvalue weighted by Gasteiger charge is 2.30. The largest absolute Gasteiger partial charge is 0.348 e. The first-order valence-electron chi connectivity index (χ1n) is 8.66. The van der Waals surface area contributed by atoms with Crippen molar-refractivity contribution in [2.24, 2.45) is 0 Å². The summed E-state index contributed by atoms with van der Waals surface area (Å²) in [6.45, 7) is 3.13. The molecular formula is C19H23FN2O5S2. The molecule has 1 amide bonds. The van der Waals surface area contributed by atoms with Crippen LogP contribution in [-0.2, 0) is 24.7 Å². The van der Waals surface area contributed by atoms with E-state index in [4.69, 9.17) is 0 Å². The van der Waals surface area contributed by atoms with Crippen LogP contribution in [0.3, 0.4) is 0 Å². The predicted octanol–water partition coefficient (Wildman–Crippen LogP) is 2.26. The van der Waals surface area contributed by atoms with Gasteiger partial charge in [-0.3, -0.25) is 9.10 Å². The van der Waals surface area contributed by atoms with E-state index >= 15 is 0 Å². The summed E-state index contributed by atoms with van der Waals surface area (Å²) < 4.78 is 61.7. The van der Waals surface area contributed by atoms with Crippen LogP contribution in [0.4, 0.5) is 10.1 Å². The van der Waals surface area contributed by atoms with Crippen LogP contribution >= 0.6 is 0 Å². The lowest BCUT2D eigenvalue weighted by molar-refractivity contribution is -0.122. The first-order valence-corrected chi connectivity index (χ1v) is 12.4. The number of sulfonamides is 1. The molecule has 2 aromatic rings. The Morgan fingerprint density at radius 2 is 1.45 bits per heavy atom. The number of hydrogen-bond donors (Lipinski definition) is 1. The van der Waals surface area contributed by atoms with Gasteiger partial charge in [-0.2, -0.15) is 0 Å². The van der Waals surface area contributed by atoms with E-state index in [1.165, 1.54) is 31.2 Å². The van der Waals surface area contributed by atoms with Crippen LogP contribution < -0.4 is 9.62 Å². The van der Waals surface area contributed by atoms with Gasteiger partial charge in [0.05, 0.1) is 22.9 Å². The van der Waals surface area contributed by atoms with Gasteiger partial charge in [0.2, 0.25) is 15.9 Å². The molecule has 158 valence electrons. The van der Waals surface area contributed by atoms with Crippen molar-refractivity contribution in [1.29, 1.82) is 0 Å². The van der Waals surface area contributed by atoms with Gasteiger partial charge in [0.1, 0.15) is 11.9 Å². The molecule has 2 rings (SSSR count). The summed E-state index contributed by atoms with van der Waals surface area (Å²) in [6.07, 6.45) is 2.07. The fraction of sp³-hybridized carbons (Fsp3) is 0.316. The highest BCUT2D eigenvalue weighted by Crippen LogP contribution is 2.22. The van der Waals surface area contributed by atoms with Crippen LogP contribution in [0.2, 0.25) is 0 Å². The molecule has 0 saturated heterocycles. The third kappa shape index (κ3) is 5.77. The van der Waals surface area contributed by atoms with Crippen molar-refractivity contribution in [3.63, 3.8) is 0 Å². The molecule has 0 aromatic heterocycles. The Balaban J connectivity index is 2.22. The maximum atomic E-state index is 13.2. The van der Waals surface area contributed by atoms with Crippen molar-refractivity contribution in [1.82, 2.24) is 5.32 Å². The van der Waals surface area contributed by atoms with Gasteiger partial charge in [-0.1, -0.05) is 12.1 Å². The van der Waals surface area contributed by atoms with Crippen LogP contribution in [0, 0.1) is 5.82 Å². The molecule has 0 saturated carbocycles. The molecule has 10 heteroatoms. The smallest absolute Gasteiger partial charge is 0.244 e. The monoisotopic (exact) mass is 442 g/mol. The molecule has 0 aliphatic rings. The van der Waals surface area contributed by atoms with Crippen molar-refractivity contribution in [3.8, 4) is 0 Å². The number of nitrogens with one attached hydrogen (secondary N) is 1. The molecule has 0 bridgehead atoms.